The fourth-order valence-corrected chi connectivity index (χ4v) is 4.56. The maximum absolute atomic E-state index is 11.9. The number of nitrogens with zero attached hydrogens (tertiary/aromatic N) is 1. The number of sulfone groups is 1. The van der Waals surface area contributed by atoms with E-state index >= 15 is 0 Å². The van der Waals surface area contributed by atoms with E-state index in [4.69, 9.17) is 0 Å². The summed E-state index contributed by atoms with van der Waals surface area (Å²) in [5, 5.41) is 2.85. The quantitative estimate of drug-likeness (QED) is 0.873. The zero-order valence-corrected chi connectivity index (χ0v) is 13.2. The molecule has 0 radical (unpaired) electrons. The van der Waals surface area contributed by atoms with Crippen LogP contribution in [0.2, 0.25) is 0 Å². The Bertz CT molecular complexity index is 560. The van der Waals surface area contributed by atoms with Gasteiger partial charge in [-0.2, -0.15) is 0 Å². The third-order valence-electron chi connectivity index (χ3n) is 3.67. The number of rotatable bonds is 6. The molecule has 1 aromatic heterocycles. The Labute approximate surface area is 123 Å². The molecule has 1 heterocycles. The molecule has 1 N–H and O–H groups in total. The molecule has 112 valence electrons. The molecule has 1 aromatic rings. The second kappa shape index (κ2) is 6.67. The first-order chi connectivity index (χ1) is 9.53. The molecule has 2 rings (SSSR count). The van der Waals surface area contributed by atoms with E-state index in [1.807, 2.05) is 0 Å². The Kier molecular flexibility index (Phi) is 5.15. The van der Waals surface area contributed by atoms with E-state index in [2.05, 4.69) is 10.3 Å². The topological polar surface area (TPSA) is 76.1 Å². The van der Waals surface area contributed by atoms with Crippen LogP contribution in [0.3, 0.4) is 0 Å². The fraction of sp³-hybridized carbons (Fsp3) is 0.692. The molecular weight excluding hydrogens is 296 g/mol. The second-order valence-electron chi connectivity index (χ2n) is 5.09. The first kappa shape index (κ1) is 15.4. The predicted molar refractivity (Wildman–Crippen MR) is 78.7 cm³/mol. The summed E-state index contributed by atoms with van der Waals surface area (Å²) in [7, 11) is -3.32. The third-order valence-corrected chi connectivity index (χ3v) is 6.87. The lowest BCUT2D eigenvalue weighted by atomic mass is 10.0. The van der Waals surface area contributed by atoms with Crippen LogP contribution >= 0.6 is 11.3 Å². The van der Waals surface area contributed by atoms with Gasteiger partial charge in [0.2, 0.25) is 14.2 Å². The highest BCUT2D eigenvalue weighted by molar-refractivity contribution is 7.93. The van der Waals surface area contributed by atoms with Crippen LogP contribution in [0.15, 0.2) is 10.5 Å². The lowest BCUT2D eigenvalue weighted by Crippen LogP contribution is -2.24. The summed E-state index contributed by atoms with van der Waals surface area (Å²) in [4.78, 5) is 16.1. The zero-order valence-electron chi connectivity index (χ0n) is 11.6. The van der Waals surface area contributed by atoms with Gasteiger partial charge in [0, 0.05) is 6.54 Å². The lowest BCUT2D eigenvalue weighted by Gasteiger charge is -2.08. The molecule has 0 spiro atoms. The molecule has 1 aliphatic rings. The van der Waals surface area contributed by atoms with Crippen LogP contribution in [0.1, 0.15) is 48.7 Å². The van der Waals surface area contributed by atoms with Crippen LogP contribution in [0.25, 0.3) is 0 Å². The summed E-state index contributed by atoms with van der Waals surface area (Å²) in [5.74, 6) is 0.509. The Morgan fingerprint density at radius 1 is 1.45 bits per heavy atom. The molecule has 0 saturated heterocycles. The lowest BCUT2D eigenvalue weighted by molar-refractivity contribution is 0.0955. The number of amides is 1. The van der Waals surface area contributed by atoms with Gasteiger partial charge in [0.1, 0.15) is 4.88 Å². The third kappa shape index (κ3) is 3.79. The fourth-order valence-electron chi connectivity index (χ4n) is 2.41. The van der Waals surface area contributed by atoms with Crippen molar-refractivity contribution in [1.29, 1.82) is 0 Å². The normalized spacial score (nSPS) is 16.4. The Balaban J connectivity index is 1.86. The highest BCUT2D eigenvalue weighted by atomic mass is 32.2. The second-order valence-corrected chi connectivity index (χ2v) is 8.57. The van der Waals surface area contributed by atoms with E-state index in [-0.39, 0.29) is 16.0 Å². The minimum Gasteiger partial charge on any atom is -0.351 e. The molecule has 20 heavy (non-hydrogen) atoms. The summed E-state index contributed by atoms with van der Waals surface area (Å²) in [5.41, 5.74) is 0. The van der Waals surface area contributed by atoms with Crippen LogP contribution in [-0.2, 0) is 9.84 Å². The number of carbonyl (C=O) groups excluding carboxylic acids is 1. The standard InChI is InChI=1S/C13H20N2O3S2/c1-2-20(17,18)13-15-9-11(19-13)12(16)14-8-7-10-5-3-4-6-10/h9-10H,2-8H2,1H3,(H,14,16). The van der Waals surface area contributed by atoms with E-state index in [0.29, 0.717) is 11.4 Å². The van der Waals surface area contributed by atoms with E-state index in [1.54, 1.807) is 6.92 Å². The SMILES string of the molecule is CCS(=O)(=O)c1ncc(C(=O)NCCC2CCCC2)s1. The first-order valence-electron chi connectivity index (χ1n) is 6.99. The van der Waals surface area contributed by atoms with Crippen molar-refractivity contribution in [3.63, 3.8) is 0 Å². The van der Waals surface area contributed by atoms with Crippen LogP contribution in [0.4, 0.5) is 0 Å². The van der Waals surface area contributed by atoms with Gasteiger partial charge in [0.25, 0.3) is 5.91 Å². The molecule has 5 nitrogen and oxygen atoms in total. The predicted octanol–water partition coefficient (Wildman–Crippen LogP) is 2.25. The number of aromatic nitrogens is 1. The number of hydrogen-bond acceptors (Lipinski definition) is 5. The van der Waals surface area contributed by atoms with Crippen LogP contribution < -0.4 is 5.32 Å². The molecule has 1 aliphatic carbocycles. The summed E-state index contributed by atoms with van der Waals surface area (Å²) in [6.07, 6.45) is 7.46. The average Bonchev–Trinajstić information content (AvgIpc) is 3.10. The number of hydrogen-bond donors (Lipinski definition) is 1. The highest BCUT2D eigenvalue weighted by Crippen LogP contribution is 2.27. The van der Waals surface area contributed by atoms with Gasteiger partial charge in [-0.1, -0.05) is 43.9 Å². The van der Waals surface area contributed by atoms with Crippen molar-refractivity contribution in [1.82, 2.24) is 10.3 Å². The molecule has 0 bridgehead atoms. The van der Waals surface area contributed by atoms with Crippen molar-refractivity contribution in [3.8, 4) is 0 Å². The highest BCUT2D eigenvalue weighted by Gasteiger charge is 2.20. The first-order valence-corrected chi connectivity index (χ1v) is 9.46. The molecule has 0 aromatic carbocycles. The van der Waals surface area contributed by atoms with Crippen molar-refractivity contribution in [2.45, 2.75) is 43.4 Å². The van der Waals surface area contributed by atoms with E-state index in [9.17, 15) is 13.2 Å². The molecule has 7 heteroatoms. The molecule has 1 saturated carbocycles. The summed E-state index contributed by atoms with van der Waals surface area (Å²) >= 11 is 0.944. The van der Waals surface area contributed by atoms with Crippen LogP contribution in [-0.4, -0.2) is 31.6 Å². The Morgan fingerprint density at radius 2 is 2.15 bits per heavy atom. The van der Waals surface area contributed by atoms with Gasteiger partial charge in [0.05, 0.1) is 11.9 Å². The molecule has 0 aliphatic heterocycles. The maximum atomic E-state index is 11.9. The molecule has 1 fully saturated rings. The zero-order chi connectivity index (χ0) is 14.6. The molecule has 0 unspecified atom stereocenters. The summed E-state index contributed by atoms with van der Waals surface area (Å²) in [6.45, 7) is 2.22. The minimum atomic E-state index is -3.32. The number of carbonyl (C=O) groups is 1. The van der Waals surface area contributed by atoms with Gasteiger partial charge in [-0.15, -0.1) is 0 Å². The van der Waals surface area contributed by atoms with E-state index in [0.717, 1.165) is 23.7 Å². The van der Waals surface area contributed by atoms with E-state index in [1.165, 1.54) is 31.9 Å². The smallest absolute Gasteiger partial charge is 0.263 e. The number of nitrogens with one attached hydrogen (secondary N) is 1. The number of thiazole rings is 1. The van der Waals surface area contributed by atoms with Gasteiger partial charge >= 0.3 is 0 Å². The summed E-state index contributed by atoms with van der Waals surface area (Å²) in [6, 6.07) is 0. The monoisotopic (exact) mass is 316 g/mol. The average molecular weight is 316 g/mol. The van der Waals surface area contributed by atoms with Gasteiger partial charge in [-0.3, -0.25) is 4.79 Å². The Morgan fingerprint density at radius 3 is 2.80 bits per heavy atom. The van der Waals surface area contributed by atoms with Gasteiger partial charge in [-0.25, -0.2) is 13.4 Å². The minimum absolute atomic E-state index is 0.00323. The van der Waals surface area contributed by atoms with Crippen molar-refractivity contribution < 1.29 is 13.2 Å². The van der Waals surface area contributed by atoms with Crippen molar-refractivity contribution in [2.75, 3.05) is 12.3 Å². The molecule has 0 atom stereocenters. The largest absolute Gasteiger partial charge is 0.351 e. The maximum Gasteiger partial charge on any atom is 0.263 e. The molecule has 1 amide bonds. The van der Waals surface area contributed by atoms with Gasteiger partial charge in [-0.05, 0) is 12.3 Å². The van der Waals surface area contributed by atoms with E-state index < -0.39 is 9.84 Å². The van der Waals surface area contributed by atoms with Gasteiger partial charge in [0.15, 0.2) is 0 Å². The van der Waals surface area contributed by atoms with Crippen LogP contribution in [0, 0.1) is 5.92 Å². The van der Waals surface area contributed by atoms with Crippen molar-refractivity contribution in [2.24, 2.45) is 5.92 Å². The van der Waals surface area contributed by atoms with Crippen molar-refractivity contribution in [3.05, 3.63) is 11.1 Å². The molecular formula is C13H20N2O3S2. The Hall–Kier alpha value is -0.950. The summed E-state index contributed by atoms with van der Waals surface area (Å²) < 4.78 is 23.3. The van der Waals surface area contributed by atoms with Crippen LogP contribution in [0.5, 0.6) is 0 Å². The van der Waals surface area contributed by atoms with Crippen molar-refractivity contribution >= 4 is 27.1 Å². The van der Waals surface area contributed by atoms with Gasteiger partial charge < -0.3 is 5.32 Å².